The second kappa shape index (κ2) is 9.84. The Morgan fingerprint density at radius 2 is 1.57 bits per heavy atom. The summed E-state index contributed by atoms with van der Waals surface area (Å²) >= 11 is 0. The molecular weight excluding hydrogens is 256 g/mol. The minimum Gasteiger partial charge on any atom is -0.312 e. The van der Waals surface area contributed by atoms with Crippen LogP contribution in [-0.4, -0.2) is 24.2 Å². The average Bonchev–Trinajstić information content (AvgIpc) is 3.20. The topological polar surface area (TPSA) is 34.0 Å². The first-order valence-electron chi connectivity index (χ1n) is 9.53. The lowest BCUT2D eigenvalue weighted by Crippen LogP contribution is -2.36. The van der Waals surface area contributed by atoms with E-state index in [1.54, 1.807) is 0 Å². The van der Waals surface area contributed by atoms with Gasteiger partial charge in [-0.1, -0.05) is 47.0 Å². The first-order valence-corrected chi connectivity index (χ1v) is 9.53. The Morgan fingerprint density at radius 1 is 0.905 bits per heavy atom. The minimum absolute atomic E-state index is 0.651. The molecule has 0 aromatic carbocycles. The number of hydrogen-bond acceptors (Lipinski definition) is 2. The maximum atomic E-state index is 3.83. The molecule has 2 nitrogen and oxygen atoms in total. The van der Waals surface area contributed by atoms with Crippen molar-refractivity contribution in [2.45, 2.75) is 111 Å². The zero-order valence-corrected chi connectivity index (χ0v) is 15.4. The van der Waals surface area contributed by atoms with E-state index in [2.05, 4.69) is 52.2 Å². The molecule has 0 bridgehead atoms. The Bertz CT molecular complexity index is 266. The lowest BCUT2D eigenvalue weighted by Gasteiger charge is -2.27. The van der Waals surface area contributed by atoms with Crippen molar-refractivity contribution < 1.29 is 0 Å². The van der Waals surface area contributed by atoms with Crippen LogP contribution in [0.1, 0.15) is 86.5 Å². The summed E-state index contributed by atoms with van der Waals surface area (Å²) in [6.45, 7) is 14.1. The van der Waals surface area contributed by atoms with Crippen LogP contribution in [0.15, 0.2) is 0 Å². The van der Waals surface area contributed by atoms with Crippen LogP contribution in [0.2, 0.25) is 0 Å². The summed E-state index contributed by atoms with van der Waals surface area (Å²) in [5, 5.41) is 7.44. The van der Waals surface area contributed by atoms with Gasteiger partial charge in [0.15, 0.2) is 0 Å². The Hall–Kier alpha value is -0.0800. The van der Waals surface area contributed by atoms with Crippen LogP contribution >= 0.6 is 0 Å². The third kappa shape index (κ3) is 7.15. The van der Waals surface area contributed by atoms with Gasteiger partial charge in [-0.05, 0) is 51.4 Å². The molecule has 0 aliphatic carbocycles. The van der Waals surface area contributed by atoms with Crippen molar-refractivity contribution in [2.24, 2.45) is 11.8 Å². The van der Waals surface area contributed by atoms with Gasteiger partial charge in [-0.3, -0.25) is 0 Å². The lowest BCUT2D eigenvalue weighted by molar-refractivity contribution is 0.274. The zero-order valence-electron chi connectivity index (χ0n) is 15.4. The van der Waals surface area contributed by atoms with Gasteiger partial charge in [-0.25, -0.2) is 0 Å². The Kier molecular flexibility index (Phi) is 8.89. The quantitative estimate of drug-likeness (QED) is 0.510. The highest BCUT2D eigenvalue weighted by atomic mass is 15.1. The van der Waals surface area contributed by atoms with Crippen molar-refractivity contribution in [3.63, 3.8) is 0 Å². The molecular formula is C19H40N2. The number of nitrogens with one attached hydrogen (secondary N) is 2. The molecule has 2 heteroatoms. The molecule has 0 radical (unpaired) electrons. The van der Waals surface area contributed by atoms with Gasteiger partial charge in [0.05, 0.1) is 0 Å². The highest BCUT2D eigenvalue weighted by molar-refractivity contribution is 4.97. The van der Waals surface area contributed by atoms with Crippen molar-refractivity contribution in [1.82, 2.24) is 10.6 Å². The van der Waals surface area contributed by atoms with Crippen LogP contribution < -0.4 is 10.6 Å². The summed E-state index contributed by atoms with van der Waals surface area (Å²) < 4.78 is 0. The van der Waals surface area contributed by atoms with Crippen molar-refractivity contribution in [1.29, 1.82) is 0 Å². The standard InChI is InChI=1S/C19H40N2/c1-7-10-18-19(21-18)12-11-15(5)20-16(6)13-17(9-3)14(4)8-2/h14-21H,7-13H2,1-6H3/t14-,15-,16?,17?,18?,19?/m1/s1. The Morgan fingerprint density at radius 3 is 2.14 bits per heavy atom. The molecule has 1 saturated heterocycles. The largest absolute Gasteiger partial charge is 0.312 e. The van der Waals surface area contributed by atoms with E-state index >= 15 is 0 Å². The average molecular weight is 297 g/mol. The predicted molar refractivity (Wildman–Crippen MR) is 94.8 cm³/mol. The van der Waals surface area contributed by atoms with Crippen LogP contribution in [0.25, 0.3) is 0 Å². The van der Waals surface area contributed by atoms with E-state index in [4.69, 9.17) is 0 Å². The van der Waals surface area contributed by atoms with Crippen LogP contribution in [0.3, 0.4) is 0 Å². The van der Waals surface area contributed by atoms with E-state index < -0.39 is 0 Å². The third-order valence-electron chi connectivity index (χ3n) is 5.51. The summed E-state index contributed by atoms with van der Waals surface area (Å²) in [5.41, 5.74) is 0. The molecule has 1 heterocycles. The summed E-state index contributed by atoms with van der Waals surface area (Å²) in [6.07, 6.45) is 9.28. The van der Waals surface area contributed by atoms with E-state index in [-0.39, 0.29) is 0 Å². The third-order valence-corrected chi connectivity index (χ3v) is 5.51. The van der Waals surface area contributed by atoms with E-state index in [1.165, 1.54) is 44.9 Å². The molecule has 0 spiro atoms. The molecule has 4 unspecified atom stereocenters. The molecule has 1 aliphatic heterocycles. The zero-order chi connectivity index (χ0) is 15.8. The second-order valence-corrected chi connectivity index (χ2v) is 7.50. The van der Waals surface area contributed by atoms with Crippen molar-refractivity contribution in [2.75, 3.05) is 0 Å². The molecule has 1 fully saturated rings. The van der Waals surface area contributed by atoms with E-state index in [0.717, 1.165) is 23.9 Å². The van der Waals surface area contributed by atoms with Gasteiger partial charge >= 0.3 is 0 Å². The fourth-order valence-electron chi connectivity index (χ4n) is 3.75. The van der Waals surface area contributed by atoms with Gasteiger partial charge in [0.2, 0.25) is 0 Å². The van der Waals surface area contributed by atoms with Gasteiger partial charge in [-0.2, -0.15) is 0 Å². The van der Waals surface area contributed by atoms with Gasteiger partial charge in [0.25, 0.3) is 0 Å². The van der Waals surface area contributed by atoms with Crippen molar-refractivity contribution in [3.8, 4) is 0 Å². The predicted octanol–water partition coefficient (Wildman–Crippen LogP) is 4.74. The monoisotopic (exact) mass is 296 g/mol. The highest BCUT2D eigenvalue weighted by Crippen LogP contribution is 2.24. The maximum Gasteiger partial charge on any atom is 0.0225 e. The van der Waals surface area contributed by atoms with Gasteiger partial charge in [0.1, 0.15) is 0 Å². The summed E-state index contributed by atoms with van der Waals surface area (Å²) in [7, 11) is 0. The van der Waals surface area contributed by atoms with Gasteiger partial charge in [0, 0.05) is 24.2 Å². The SMILES string of the molecule is CCCC1NC1CC[C@@H](C)NC(C)CC(CC)[C@H](C)CC. The van der Waals surface area contributed by atoms with Crippen LogP contribution in [0.5, 0.6) is 0 Å². The summed E-state index contributed by atoms with van der Waals surface area (Å²) in [6, 6.07) is 2.94. The van der Waals surface area contributed by atoms with E-state index in [1.807, 2.05) is 0 Å². The van der Waals surface area contributed by atoms with Gasteiger partial charge < -0.3 is 10.6 Å². The molecule has 1 aliphatic rings. The molecule has 0 aromatic rings. The van der Waals surface area contributed by atoms with E-state index in [9.17, 15) is 0 Å². The molecule has 2 N–H and O–H groups in total. The lowest BCUT2D eigenvalue weighted by atomic mass is 9.84. The molecule has 0 aromatic heterocycles. The molecule has 126 valence electrons. The maximum absolute atomic E-state index is 3.83. The first kappa shape index (κ1) is 19.0. The highest BCUT2D eigenvalue weighted by Gasteiger charge is 2.34. The Balaban J connectivity index is 2.16. The van der Waals surface area contributed by atoms with Crippen LogP contribution in [0, 0.1) is 11.8 Å². The number of rotatable bonds is 12. The van der Waals surface area contributed by atoms with Gasteiger partial charge in [-0.15, -0.1) is 0 Å². The molecule has 0 amide bonds. The second-order valence-electron chi connectivity index (χ2n) is 7.50. The fourth-order valence-corrected chi connectivity index (χ4v) is 3.75. The summed E-state index contributed by atoms with van der Waals surface area (Å²) in [5.74, 6) is 1.74. The minimum atomic E-state index is 0.651. The van der Waals surface area contributed by atoms with Crippen LogP contribution in [0.4, 0.5) is 0 Å². The molecule has 6 atom stereocenters. The van der Waals surface area contributed by atoms with Crippen LogP contribution in [-0.2, 0) is 0 Å². The Labute approximate surface area is 133 Å². The fraction of sp³-hybridized carbons (Fsp3) is 1.00. The van der Waals surface area contributed by atoms with Crippen molar-refractivity contribution in [3.05, 3.63) is 0 Å². The van der Waals surface area contributed by atoms with E-state index in [0.29, 0.717) is 12.1 Å². The van der Waals surface area contributed by atoms with Crippen molar-refractivity contribution >= 4 is 0 Å². The summed E-state index contributed by atoms with van der Waals surface area (Å²) in [4.78, 5) is 0. The molecule has 21 heavy (non-hydrogen) atoms. The number of hydrogen-bond donors (Lipinski definition) is 2. The molecule has 0 saturated carbocycles. The smallest absolute Gasteiger partial charge is 0.0225 e. The normalized spacial score (nSPS) is 27.1. The first-order chi connectivity index (χ1) is 10.0. The molecule has 1 rings (SSSR count).